The summed E-state index contributed by atoms with van der Waals surface area (Å²) in [5.74, 6) is 1.67. The first kappa shape index (κ1) is 13.0. The van der Waals surface area contributed by atoms with Crippen molar-refractivity contribution in [1.82, 2.24) is 9.55 Å². The van der Waals surface area contributed by atoms with Crippen molar-refractivity contribution in [2.24, 2.45) is 0 Å². The Morgan fingerprint density at radius 1 is 1.38 bits per heavy atom. The van der Waals surface area contributed by atoms with Gasteiger partial charge in [-0.1, -0.05) is 6.07 Å². The lowest BCUT2D eigenvalue weighted by Gasteiger charge is -2.29. The van der Waals surface area contributed by atoms with Gasteiger partial charge in [0.05, 0.1) is 18.0 Å². The van der Waals surface area contributed by atoms with Crippen molar-refractivity contribution < 1.29 is 4.79 Å². The van der Waals surface area contributed by atoms with Gasteiger partial charge in [-0.3, -0.25) is 4.79 Å². The number of aryl methyl sites for hydroxylation is 1. The second kappa shape index (κ2) is 4.91. The highest BCUT2D eigenvalue weighted by Gasteiger charge is 2.29. The van der Waals surface area contributed by atoms with Crippen LogP contribution in [0.25, 0.3) is 0 Å². The molecule has 0 radical (unpaired) electrons. The number of hydrogen-bond acceptors (Lipinski definition) is 3. The summed E-state index contributed by atoms with van der Waals surface area (Å²) in [5.41, 5.74) is 2.25. The van der Waals surface area contributed by atoms with Crippen LogP contribution < -0.4 is 4.90 Å². The smallest absolute Gasteiger partial charge is 0.237 e. The van der Waals surface area contributed by atoms with Gasteiger partial charge in [0.2, 0.25) is 5.91 Å². The average molecular weight is 299 g/mol. The molecule has 4 rings (SSSR count). The topological polar surface area (TPSA) is 38.1 Å². The number of amides is 1. The van der Waals surface area contributed by atoms with E-state index in [0.29, 0.717) is 18.3 Å². The van der Waals surface area contributed by atoms with Gasteiger partial charge in [-0.15, -0.1) is 11.8 Å². The number of thioether (sulfide) groups is 1. The van der Waals surface area contributed by atoms with Gasteiger partial charge >= 0.3 is 0 Å². The maximum absolute atomic E-state index is 12.3. The van der Waals surface area contributed by atoms with Crippen LogP contribution in [0.4, 0.5) is 5.69 Å². The summed E-state index contributed by atoms with van der Waals surface area (Å²) in [6.07, 6.45) is 6.32. The minimum absolute atomic E-state index is 0.168. The lowest BCUT2D eigenvalue weighted by molar-refractivity contribution is -0.116. The van der Waals surface area contributed by atoms with E-state index >= 15 is 0 Å². The number of aromatic nitrogens is 2. The van der Waals surface area contributed by atoms with E-state index in [1.165, 1.54) is 23.3 Å². The highest BCUT2D eigenvalue weighted by atomic mass is 32.2. The normalized spacial score (nSPS) is 18.0. The quantitative estimate of drug-likeness (QED) is 0.873. The molecule has 2 aromatic rings. The molecule has 1 aromatic heterocycles. The van der Waals surface area contributed by atoms with Crippen molar-refractivity contribution in [3.8, 4) is 0 Å². The van der Waals surface area contributed by atoms with E-state index in [1.54, 1.807) is 11.8 Å². The minimum Gasteiger partial charge on any atom is -0.330 e. The predicted molar refractivity (Wildman–Crippen MR) is 83.6 cm³/mol. The van der Waals surface area contributed by atoms with Gasteiger partial charge in [0.15, 0.2) is 0 Å². The summed E-state index contributed by atoms with van der Waals surface area (Å²) in [6.45, 7) is 2.65. The number of nitrogens with zero attached hydrogens (tertiary/aromatic N) is 3. The molecule has 0 spiro atoms. The maximum atomic E-state index is 12.3. The zero-order valence-electron chi connectivity index (χ0n) is 12.0. The maximum Gasteiger partial charge on any atom is 0.237 e. The Bertz CT molecular complexity index is 705. The van der Waals surface area contributed by atoms with Crippen LogP contribution in [-0.2, 0) is 11.3 Å². The van der Waals surface area contributed by atoms with Crippen LogP contribution in [0.5, 0.6) is 0 Å². The first-order chi connectivity index (χ1) is 10.2. The summed E-state index contributed by atoms with van der Waals surface area (Å²) in [5, 5.41) is 0. The summed E-state index contributed by atoms with van der Waals surface area (Å²) in [4.78, 5) is 19.9. The Morgan fingerprint density at radius 2 is 2.24 bits per heavy atom. The van der Waals surface area contributed by atoms with Crippen molar-refractivity contribution in [2.75, 3.05) is 10.7 Å². The molecule has 1 saturated carbocycles. The van der Waals surface area contributed by atoms with E-state index in [9.17, 15) is 4.79 Å². The number of carbonyl (C=O) groups is 1. The molecule has 0 N–H and O–H groups in total. The van der Waals surface area contributed by atoms with Crippen LogP contribution in [0.1, 0.15) is 30.3 Å². The van der Waals surface area contributed by atoms with Crippen molar-refractivity contribution in [1.29, 1.82) is 0 Å². The number of anilines is 1. The van der Waals surface area contributed by atoms with E-state index in [-0.39, 0.29) is 5.91 Å². The molecule has 2 aliphatic rings. The van der Waals surface area contributed by atoms with Gasteiger partial charge in [0.25, 0.3) is 0 Å². The van der Waals surface area contributed by atoms with E-state index in [4.69, 9.17) is 0 Å². The third-order valence-electron chi connectivity index (χ3n) is 4.05. The summed E-state index contributed by atoms with van der Waals surface area (Å²) in [7, 11) is 0. The largest absolute Gasteiger partial charge is 0.330 e. The monoisotopic (exact) mass is 299 g/mol. The Morgan fingerprint density at radius 3 is 3.05 bits per heavy atom. The van der Waals surface area contributed by atoms with E-state index in [1.807, 2.05) is 17.3 Å². The Kier molecular flexibility index (Phi) is 3.03. The highest BCUT2D eigenvalue weighted by Crippen LogP contribution is 2.38. The lowest BCUT2D eigenvalue weighted by Crippen LogP contribution is -2.35. The third-order valence-corrected chi connectivity index (χ3v) is 5.08. The fourth-order valence-electron chi connectivity index (χ4n) is 2.78. The highest BCUT2D eigenvalue weighted by molar-refractivity contribution is 8.00. The lowest BCUT2D eigenvalue weighted by atomic mass is 10.2. The molecule has 0 bridgehead atoms. The molecular formula is C16H17N3OS. The number of hydrogen-bond donors (Lipinski definition) is 0. The molecule has 2 heterocycles. The first-order valence-electron chi connectivity index (χ1n) is 7.28. The van der Waals surface area contributed by atoms with E-state index < -0.39 is 0 Å². The van der Waals surface area contributed by atoms with Gasteiger partial charge < -0.3 is 9.47 Å². The predicted octanol–water partition coefficient (Wildman–Crippen LogP) is 3.17. The van der Waals surface area contributed by atoms with Crippen LogP contribution in [0, 0.1) is 6.92 Å². The second-order valence-corrected chi connectivity index (χ2v) is 6.74. The minimum atomic E-state index is 0.168. The number of benzene rings is 1. The number of imidazole rings is 1. The van der Waals surface area contributed by atoms with Crippen molar-refractivity contribution in [3.05, 3.63) is 42.0 Å². The fourth-order valence-corrected chi connectivity index (χ4v) is 3.81. The number of carbonyl (C=O) groups excluding carboxylic acids is 1. The molecule has 0 atom stereocenters. The number of rotatable bonds is 3. The molecule has 0 unspecified atom stereocenters. The molecule has 108 valence electrons. The van der Waals surface area contributed by atoms with Gasteiger partial charge in [-0.05, 0) is 37.5 Å². The summed E-state index contributed by atoms with van der Waals surface area (Å²) < 4.78 is 2.23. The van der Waals surface area contributed by atoms with Gasteiger partial charge in [0, 0.05) is 23.3 Å². The Labute approximate surface area is 128 Å². The molecule has 1 aliphatic heterocycles. The fraction of sp³-hybridized carbons (Fsp3) is 0.375. The SMILES string of the molecule is Cc1ccc2c(c1)SCC(=O)N2Cc1nccn1C1CC1. The van der Waals surface area contributed by atoms with Gasteiger partial charge in [-0.2, -0.15) is 0 Å². The summed E-state index contributed by atoms with van der Waals surface area (Å²) >= 11 is 1.63. The molecular weight excluding hydrogens is 282 g/mol. The zero-order valence-corrected chi connectivity index (χ0v) is 12.8. The van der Waals surface area contributed by atoms with Crippen molar-refractivity contribution >= 4 is 23.4 Å². The molecule has 21 heavy (non-hydrogen) atoms. The third kappa shape index (κ3) is 2.35. The molecule has 1 amide bonds. The molecule has 1 fully saturated rings. The molecule has 4 nitrogen and oxygen atoms in total. The Balaban J connectivity index is 1.68. The zero-order chi connectivity index (χ0) is 14.4. The average Bonchev–Trinajstić information content (AvgIpc) is 3.22. The van der Waals surface area contributed by atoms with Crippen molar-refractivity contribution in [2.45, 2.75) is 37.2 Å². The van der Waals surface area contributed by atoms with Crippen LogP contribution in [-0.4, -0.2) is 21.2 Å². The number of fused-ring (bicyclic) bond motifs is 1. The van der Waals surface area contributed by atoms with Crippen LogP contribution in [0.15, 0.2) is 35.5 Å². The van der Waals surface area contributed by atoms with E-state index in [2.05, 4.69) is 34.7 Å². The Hall–Kier alpha value is -1.75. The van der Waals surface area contributed by atoms with Crippen molar-refractivity contribution in [3.63, 3.8) is 0 Å². The second-order valence-electron chi connectivity index (χ2n) is 5.72. The molecule has 0 saturated heterocycles. The molecule has 1 aromatic carbocycles. The standard InChI is InChI=1S/C16H17N3OS/c1-11-2-5-13-14(8-11)21-10-16(20)19(13)9-15-17-6-7-18(15)12-3-4-12/h2,5-8,12H,3-4,9-10H2,1H3. The molecule has 1 aliphatic carbocycles. The van der Waals surface area contributed by atoms with Gasteiger partial charge in [-0.25, -0.2) is 4.98 Å². The first-order valence-corrected chi connectivity index (χ1v) is 8.26. The van der Waals surface area contributed by atoms with E-state index in [0.717, 1.165) is 11.5 Å². The summed E-state index contributed by atoms with van der Waals surface area (Å²) in [6, 6.07) is 6.87. The van der Waals surface area contributed by atoms with Crippen LogP contribution >= 0.6 is 11.8 Å². The molecule has 5 heteroatoms. The van der Waals surface area contributed by atoms with Crippen LogP contribution in [0.2, 0.25) is 0 Å². The van der Waals surface area contributed by atoms with Crippen LogP contribution in [0.3, 0.4) is 0 Å². The van der Waals surface area contributed by atoms with Gasteiger partial charge in [0.1, 0.15) is 5.82 Å².